The van der Waals surface area contributed by atoms with Gasteiger partial charge in [0.2, 0.25) is 5.91 Å². The monoisotopic (exact) mass is 436 g/mol. The van der Waals surface area contributed by atoms with Crippen LogP contribution in [-0.2, 0) is 11.3 Å². The predicted molar refractivity (Wildman–Crippen MR) is 113 cm³/mol. The molecule has 0 aliphatic carbocycles. The molecule has 0 bridgehead atoms. The van der Waals surface area contributed by atoms with Crippen molar-refractivity contribution in [1.29, 1.82) is 0 Å². The largest absolute Gasteiger partial charge is 0.348 e. The Bertz CT molecular complexity index is 1380. The zero-order valence-corrected chi connectivity index (χ0v) is 16.8. The van der Waals surface area contributed by atoms with Crippen molar-refractivity contribution in [2.45, 2.75) is 19.5 Å². The number of rotatable bonds is 6. The molecule has 0 radical (unpaired) electrons. The normalized spacial score (nSPS) is 11.9. The van der Waals surface area contributed by atoms with Crippen LogP contribution in [0.25, 0.3) is 16.7 Å². The highest BCUT2D eigenvalue weighted by molar-refractivity contribution is 5.78. The number of hydrogen-bond donors (Lipinski definition) is 1. The zero-order chi connectivity index (χ0) is 22.8. The molecule has 0 saturated heterocycles. The second kappa shape index (κ2) is 8.38. The lowest BCUT2D eigenvalue weighted by Gasteiger charge is -2.15. The molecule has 0 spiro atoms. The molecule has 0 aliphatic rings. The Balaban J connectivity index is 1.59. The van der Waals surface area contributed by atoms with Crippen LogP contribution in [0.3, 0.4) is 0 Å². The van der Waals surface area contributed by atoms with Crippen molar-refractivity contribution < 1.29 is 14.1 Å². The second-order valence-corrected chi connectivity index (χ2v) is 7.06. The Kier molecular flexibility index (Phi) is 5.46. The highest BCUT2D eigenvalue weighted by atomic mass is 19.1. The summed E-state index contributed by atoms with van der Waals surface area (Å²) in [5.41, 5.74) is 0.331. The van der Waals surface area contributed by atoms with Gasteiger partial charge in [0.15, 0.2) is 5.65 Å². The molecule has 0 aliphatic heterocycles. The lowest BCUT2D eigenvalue weighted by molar-refractivity contribution is -0.384. The van der Waals surface area contributed by atoms with E-state index in [1.807, 2.05) is 0 Å². The maximum absolute atomic E-state index is 13.1. The van der Waals surface area contributed by atoms with Crippen LogP contribution in [0, 0.1) is 15.9 Å². The van der Waals surface area contributed by atoms with Gasteiger partial charge in [-0.15, -0.1) is 0 Å². The molecule has 1 atom stereocenters. The first-order valence-corrected chi connectivity index (χ1v) is 9.57. The summed E-state index contributed by atoms with van der Waals surface area (Å²) in [6.07, 6.45) is 2.46. The molecule has 0 saturated carbocycles. The molecule has 4 aromatic rings. The lowest BCUT2D eigenvalue weighted by atomic mass is 10.1. The molecule has 2 aromatic carbocycles. The summed E-state index contributed by atoms with van der Waals surface area (Å²) in [5.74, 6) is -0.809. The summed E-state index contributed by atoms with van der Waals surface area (Å²) in [7, 11) is 0. The van der Waals surface area contributed by atoms with Crippen LogP contribution in [0.15, 0.2) is 65.8 Å². The maximum atomic E-state index is 13.1. The van der Waals surface area contributed by atoms with E-state index in [2.05, 4.69) is 15.4 Å². The van der Waals surface area contributed by atoms with Gasteiger partial charge in [-0.2, -0.15) is 5.10 Å². The minimum Gasteiger partial charge on any atom is -0.348 e. The Morgan fingerprint density at radius 2 is 1.94 bits per heavy atom. The molecule has 4 rings (SSSR count). The standard InChI is InChI=1S/C21H17FN6O4/c1-13(14-6-8-15(22)9-7-14)25-19(29)11-26-12-23-20-16(21(26)30)10-24-27(20)17-4-2-3-5-18(17)28(31)32/h2-10,12-13H,11H2,1H3,(H,25,29). The van der Waals surface area contributed by atoms with Crippen LogP contribution in [0.2, 0.25) is 0 Å². The first kappa shape index (κ1) is 20.8. The summed E-state index contributed by atoms with van der Waals surface area (Å²) >= 11 is 0. The van der Waals surface area contributed by atoms with E-state index in [4.69, 9.17) is 0 Å². The van der Waals surface area contributed by atoms with Crippen LogP contribution in [0.1, 0.15) is 18.5 Å². The van der Waals surface area contributed by atoms with Crippen LogP contribution < -0.4 is 10.9 Å². The SMILES string of the molecule is CC(NC(=O)Cn1cnc2c(cnn2-c2ccccc2[N+](=O)[O-])c1=O)c1ccc(F)cc1. The van der Waals surface area contributed by atoms with E-state index in [1.54, 1.807) is 25.1 Å². The van der Waals surface area contributed by atoms with Gasteiger partial charge in [0.1, 0.15) is 29.8 Å². The van der Waals surface area contributed by atoms with Crippen LogP contribution >= 0.6 is 0 Å². The van der Waals surface area contributed by atoms with Crippen molar-refractivity contribution in [3.63, 3.8) is 0 Å². The topological polar surface area (TPSA) is 125 Å². The first-order chi connectivity index (χ1) is 15.3. The number of hydrogen-bond acceptors (Lipinski definition) is 6. The fourth-order valence-electron chi connectivity index (χ4n) is 3.31. The molecule has 1 amide bonds. The molecule has 10 nitrogen and oxygen atoms in total. The zero-order valence-electron chi connectivity index (χ0n) is 16.8. The summed E-state index contributed by atoms with van der Waals surface area (Å²) < 4.78 is 15.4. The molecular formula is C21H17FN6O4. The smallest absolute Gasteiger partial charge is 0.294 e. The van der Waals surface area contributed by atoms with Crippen molar-refractivity contribution in [2.75, 3.05) is 0 Å². The van der Waals surface area contributed by atoms with Crippen LogP contribution in [0.4, 0.5) is 10.1 Å². The number of halogens is 1. The van der Waals surface area contributed by atoms with Crippen molar-refractivity contribution >= 4 is 22.6 Å². The number of nitro groups is 1. The Morgan fingerprint density at radius 3 is 2.66 bits per heavy atom. The number of nitro benzene ring substituents is 1. The predicted octanol–water partition coefficient (Wildman–Crippen LogP) is 2.51. The molecule has 0 fully saturated rings. The molecule has 2 aromatic heterocycles. The van der Waals surface area contributed by atoms with E-state index in [0.29, 0.717) is 5.56 Å². The summed E-state index contributed by atoms with van der Waals surface area (Å²) in [6, 6.07) is 11.3. The van der Waals surface area contributed by atoms with Crippen molar-refractivity contribution in [2.24, 2.45) is 0 Å². The Hall–Kier alpha value is -4.41. The van der Waals surface area contributed by atoms with Crippen molar-refractivity contribution in [1.82, 2.24) is 24.6 Å². The van der Waals surface area contributed by atoms with Gasteiger partial charge in [-0.1, -0.05) is 24.3 Å². The minimum absolute atomic E-state index is 0.116. The fourth-order valence-corrected chi connectivity index (χ4v) is 3.31. The van der Waals surface area contributed by atoms with Crippen molar-refractivity contribution in [3.05, 3.63) is 92.9 Å². The van der Waals surface area contributed by atoms with E-state index in [-0.39, 0.29) is 34.8 Å². The summed E-state index contributed by atoms with van der Waals surface area (Å²) in [4.78, 5) is 40.2. The van der Waals surface area contributed by atoms with Gasteiger partial charge in [0, 0.05) is 6.07 Å². The van der Waals surface area contributed by atoms with E-state index in [0.717, 1.165) is 4.57 Å². The molecule has 2 heterocycles. The Labute approximate surface area is 180 Å². The van der Waals surface area contributed by atoms with Gasteiger partial charge in [-0.3, -0.25) is 24.3 Å². The van der Waals surface area contributed by atoms with E-state index < -0.39 is 22.4 Å². The van der Waals surface area contributed by atoms with Gasteiger partial charge in [-0.25, -0.2) is 14.1 Å². The quantitative estimate of drug-likeness (QED) is 0.366. The molecule has 32 heavy (non-hydrogen) atoms. The van der Waals surface area contributed by atoms with Crippen LogP contribution in [-0.4, -0.2) is 30.2 Å². The minimum atomic E-state index is -0.545. The third kappa shape index (κ3) is 3.95. The van der Waals surface area contributed by atoms with Gasteiger partial charge in [-0.05, 0) is 30.7 Å². The number of benzene rings is 2. The van der Waals surface area contributed by atoms with E-state index >= 15 is 0 Å². The van der Waals surface area contributed by atoms with Gasteiger partial charge < -0.3 is 5.32 Å². The number of nitrogens with zero attached hydrogens (tertiary/aromatic N) is 5. The number of nitrogens with one attached hydrogen (secondary N) is 1. The highest BCUT2D eigenvalue weighted by Crippen LogP contribution is 2.23. The molecule has 1 unspecified atom stereocenters. The average Bonchev–Trinajstić information content (AvgIpc) is 3.20. The lowest BCUT2D eigenvalue weighted by Crippen LogP contribution is -2.34. The average molecular weight is 436 g/mol. The molecule has 11 heteroatoms. The van der Waals surface area contributed by atoms with E-state index in [1.165, 1.54) is 47.5 Å². The number of amides is 1. The van der Waals surface area contributed by atoms with Gasteiger partial charge in [0.05, 0.1) is 17.2 Å². The maximum Gasteiger partial charge on any atom is 0.294 e. The van der Waals surface area contributed by atoms with Gasteiger partial charge >= 0.3 is 0 Å². The van der Waals surface area contributed by atoms with E-state index in [9.17, 15) is 24.1 Å². The highest BCUT2D eigenvalue weighted by Gasteiger charge is 2.20. The number of carbonyl (C=O) groups is 1. The molecular weight excluding hydrogens is 419 g/mol. The summed E-state index contributed by atoms with van der Waals surface area (Å²) in [5, 5.41) is 18.3. The second-order valence-electron chi connectivity index (χ2n) is 7.06. The summed E-state index contributed by atoms with van der Waals surface area (Å²) in [6.45, 7) is 1.45. The molecule has 162 valence electrons. The number of aromatic nitrogens is 4. The number of para-hydroxylation sites is 2. The van der Waals surface area contributed by atoms with Crippen molar-refractivity contribution in [3.8, 4) is 5.69 Å². The van der Waals surface area contributed by atoms with Crippen LogP contribution in [0.5, 0.6) is 0 Å². The number of fused-ring (bicyclic) bond motifs is 1. The third-order valence-electron chi connectivity index (χ3n) is 4.92. The Morgan fingerprint density at radius 1 is 1.22 bits per heavy atom. The van der Waals surface area contributed by atoms with Gasteiger partial charge in [0.25, 0.3) is 11.2 Å². The molecule has 1 N–H and O–H groups in total. The fraction of sp³-hybridized carbons (Fsp3) is 0.143. The third-order valence-corrected chi connectivity index (χ3v) is 4.92. The first-order valence-electron chi connectivity index (χ1n) is 9.57. The number of carbonyl (C=O) groups excluding carboxylic acids is 1.